The van der Waals surface area contributed by atoms with Crippen molar-refractivity contribution in [3.8, 4) is 0 Å². The second kappa shape index (κ2) is 7.51. The van der Waals surface area contributed by atoms with E-state index < -0.39 is 29.0 Å². The van der Waals surface area contributed by atoms with Gasteiger partial charge in [-0.15, -0.1) is 0 Å². The van der Waals surface area contributed by atoms with Crippen molar-refractivity contribution >= 4 is 23.4 Å². The first-order valence-corrected chi connectivity index (χ1v) is 10.3. The van der Waals surface area contributed by atoms with Crippen LogP contribution in [0, 0.1) is 11.0 Å². The minimum Gasteiger partial charge on any atom is -0.444 e. The Balaban J connectivity index is 1.92. The minimum atomic E-state index is -1.99. The van der Waals surface area contributed by atoms with Gasteiger partial charge in [0.15, 0.2) is 0 Å². The molecule has 1 N–H and O–H groups in total. The van der Waals surface area contributed by atoms with Crippen LogP contribution < -0.4 is 4.90 Å². The maximum atomic E-state index is 15.1. The average molecular weight is 441 g/mol. The Morgan fingerprint density at radius 1 is 1.22 bits per heavy atom. The smallest absolute Gasteiger partial charge is 0.411 e. The van der Waals surface area contributed by atoms with Crippen molar-refractivity contribution in [1.29, 1.82) is 0 Å². The van der Waals surface area contributed by atoms with Crippen LogP contribution in [0.1, 0.15) is 38.3 Å². The SMILES string of the molecule is CC(C)(C)OC(=O)N1CC/C(=[N+](/[O-])O)C12C(=O)N(Cc1ccccc1)c1c(F)cccc12. The first-order valence-electron chi connectivity index (χ1n) is 10.3. The van der Waals surface area contributed by atoms with Crippen molar-refractivity contribution in [3.63, 3.8) is 0 Å². The monoisotopic (exact) mass is 441 g/mol. The number of halogens is 1. The number of anilines is 1. The Bertz CT molecular complexity index is 1110. The Morgan fingerprint density at radius 3 is 2.53 bits per heavy atom. The zero-order valence-corrected chi connectivity index (χ0v) is 18.0. The van der Waals surface area contributed by atoms with Gasteiger partial charge in [0.2, 0.25) is 5.54 Å². The van der Waals surface area contributed by atoms with Crippen molar-refractivity contribution in [1.82, 2.24) is 4.90 Å². The normalized spacial score (nSPS) is 21.8. The number of likely N-dealkylation sites (tertiary alicyclic amines) is 1. The van der Waals surface area contributed by atoms with Gasteiger partial charge in [0.25, 0.3) is 11.6 Å². The molecule has 1 saturated heterocycles. The third-order valence-electron chi connectivity index (χ3n) is 5.62. The first-order chi connectivity index (χ1) is 15.1. The van der Waals surface area contributed by atoms with Gasteiger partial charge in [0.05, 0.1) is 18.7 Å². The zero-order valence-electron chi connectivity index (χ0n) is 18.0. The van der Waals surface area contributed by atoms with Gasteiger partial charge in [-0.05, 0) is 32.4 Å². The topological polar surface area (TPSA) is 96.1 Å². The number of fused-ring (bicyclic) bond motifs is 2. The zero-order chi connectivity index (χ0) is 23.3. The molecule has 1 atom stereocenters. The number of amides is 2. The number of hydrogen-bond donors (Lipinski definition) is 1. The minimum absolute atomic E-state index is 0.0229. The summed E-state index contributed by atoms with van der Waals surface area (Å²) in [4.78, 5) is 29.0. The summed E-state index contributed by atoms with van der Waals surface area (Å²) in [7, 11) is 0. The summed E-state index contributed by atoms with van der Waals surface area (Å²) in [5.74, 6) is -1.37. The van der Waals surface area contributed by atoms with E-state index in [1.54, 1.807) is 45.0 Å². The van der Waals surface area contributed by atoms with Gasteiger partial charge in [-0.1, -0.05) is 42.5 Å². The van der Waals surface area contributed by atoms with Crippen molar-refractivity contribution < 1.29 is 28.8 Å². The molecule has 32 heavy (non-hydrogen) atoms. The lowest BCUT2D eigenvalue weighted by Gasteiger charge is -2.33. The molecule has 2 heterocycles. The van der Waals surface area contributed by atoms with Gasteiger partial charge < -0.3 is 14.8 Å². The predicted octanol–water partition coefficient (Wildman–Crippen LogP) is 3.55. The van der Waals surface area contributed by atoms with Crippen molar-refractivity contribution in [2.24, 2.45) is 0 Å². The van der Waals surface area contributed by atoms with Crippen molar-refractivity contribution in [2.75, 3.05) is 11.4 Å². The lowest BCUT2D eigenvalue weighted by Crippen LogP contribution is -2.57. The van der Waals surface area contributed by atoms with Crippen molar-refractivity contribution in [3.05, 3.63) is 70.7 Å². The van der Waals surface area contributed by atoms with E-state index in [9.17, 15) is 20.0 Å². The van der Waals surface area contributed by atoms with Gasteiger partial charge in [0, 0.05) is 17.0 Å². The van der Waals surface area contributed by atoms with Crippen LogP contribution in [0.3, 0.4) is 0 Å². The molecule has 2 aromatic rings. The van der Waals surface area contributed by atoms with Crippen LogP contribution in [-0.4, -0.2) is 44.9 Å². The summed E-state index contributed by atoms with van der Waals surface area (Å²) < 4.78 is 20.6. The van der Waals surface area contributed by atoms with Gasteiger partial charge in [-0.3, -0.25) is 14.9 Å². The van der Waals surface area contributed by atoms with Gasteiger partial charge in [0.1, 0.15) is 11.4 Å². The first kappa shape index (κ1) is 21.6. The molecule has 168 valence electrons. The highest BCUT2D eigenvalue weighted by atomic mass is 19.1. The van der Waals surface area contributed by atoms with Crippen LogP contribution in [0.4, 0.5) is 14.9 Å². The predicted molar refractivity (Wildman–Crippen MR) is 114 cm³/mol. The molecule has 2 aliphatic heterocycles. The van der Waals surface area contributed by atoms with Crippen LogP contribution in [0.5, 0.6) is 0 Å². The molecule has 2 amide bonds. The second-order valence-electron chi connectivity index (χ2n) is 8.82. The van der Waals surface area contributed by atoms with E-state index in [-0.39, 0.29) is 41.4 Å². The second-order valence-corrected chi connectivity index (χ2v) is 8.82. The van der Waals surface area contributed by atoms with E-state index in [0.29, 0.717) is 0 Å². The number of para-hydroxylation sites is 1. The summed E-state index contributed by atoms with van der Waals surface area (Å²) in [6.45, 7) is 5.00. The fourth-order valence-corrected chi connectivity index (χ4v) is 4.45. The number of hydrogen-bond acceptors (Lipinski definition) is 5. The molecule has 1 fully saturated rings. The van der Waals surface area contributed by atoms with Crippen LogP contribution >= 0.6 is 0 Å². The molecule has 2 aromatic carbocycles. The number of benzene rings is 2. The van der Waals surface area contributed by atoms with Crippen LogP contribution in [0.2, 0.25) is 0 Å². The number of carbonyl (C=O) groups is 2. The highest BCUT2D eigenvalue weighted by molar-refractivity contribution is 6.24. The molecule has 0 aromatic heterocycles. The fourth-order valence-electron chi connectivity index (χ4n) is 4.45. The van der Waals surface area contributed by atoms with E-state index in [1.165, 1.54) is 23.1 Å². The van der Waals surface area contributed by atoms with E-state index in [0.717, 1.165) is 10.5 Å². The molecule has 2 aliphatic rings. The van der Waals surface area contributed by atoms with E-state index in [2.05, 4.69) is 0 Å². The van der Waals surface area contributed by atoms with Gasteiger partial charge in [-0.25, -0.2) is 9.18 Å². The molecule has 1 spiro atoms. The molecule has 0 saturated carbocycles. The number of carbonyl (C=O) groups excluding carboxylic acids is 2. The largest absolute Gasteiger partial charge is 0.444 e. The lowest BCUT2D eigenvalue weighted by atomic mass is 9.86. The molecule has 9 heteroatoms. The maximum absolute atomic E-state index is 15.1. The van der Waals surface area contributed by atoms with E-state index in [1.807, 2.05) is 6.07 Å². The molecular weight excluding hydrogens is 417 g/mol. The summed E-state index contributed by atoms with van der Waals surface area (Å²) in [6.07, 6.45) is -0.903. The van der Waals surface area contributed by atoms with E-state index in [4.69, 9.17) is 4.74 Å². The maximum Gasteiger partial charge on any atom is 0.411 e. The number of rotatable bonds is 2. The summed E-state index contributed by atoms with van der Waals surface area (Å²) in [5, 5.41) is 22.1. The Labute approximate surface area is 184 Å². The summed E-state index contributed by atoms with van der Waals surface area (Å²) in [6, 6.07) is 13.1. The molecule has 0 aliphatic carbocycles. The number of nitrogens with zero attached hydrogens (tertiary/aromatic N) is 3. The quantitative estimate of drug-likeness (QED) is 0.437. The average Bonchev–Trinajstić information content (AvgIpc) is 3.22. The van der Waals surface area contributed by atoms with Gasteiger partial charge >= 0.3 is 6.09 Å². The number of ether oxygens (including phenoxy) is 1. The Morgan fingerprint density at radius 2 is 1.91 bits per heavy atom. The lowest BCUT2D eigenvalue weighted by molar-refractivity contribution is -0.728. The summed E-state index contributed by atoms with van der Waals surface area (Å²) in [5.41, 5.74) is -2.30. The van der Waals surface area contributed by atoms with Crippen LogP contribution in [0.25, 0.3) is 0 Å². The van der Waals surface area contributed by atoms with Crippen LogP contribution in [-0.2, 0) is 21.6 Å². The Kier molecular flexibility index (Phi) is 5.07. The van der Waals surface area contributed by atoms with Crippen LogP contribution in [0.15, 0.2) is 48.5 Å². The van der Waals surface area contributed by atoms with Gasteiger partial charge in [-0.2, -0.15) is 0 Å². The highest BCUT2D eigenvalue weighted by Crippen LogP contribution is 2.50. The molecule has 1 unspecified atom stereocenters. The molecule has 0 radical (unpaired) electrons. The molecule has 8 nitrogen and oxygen atoms in total. The third kappa shape index (κ3) is 3.24. The molecule has 4 rings (SSSR count). The third-order valence-corrected chi connectivity index (χ3v) is 5.62. The van der Waals surface area contributed by atoms with Crippen molar-refractivity contribution in [2.45, 2.75) is 44.9 Å². The standard InChI is InChI=1S/C23H24FN3O5/c1-22(2,3)32-21(29)26-13-12-18(27(30)31)23(26)16-10-7-11-17(24)19(16)25(20(23)28)14-15-8-5-4-6-9-15/h4-11H,12-14H2,1-3H3,(H,30,31). The molecule has 0 bridgehead atoms. The summed E-state index contributed by atoms with van der Waals surface area (Å²) >= 11 is 0. The van der Waals surface area contributed by atoms with E-state index >= 15 is 4.39 Å². The Hall–Kier alpha value is -3.62. The molecular formula is C23H24FN3O5. The fraction of sp³-hybridized carbons (Fsp3) is 0.348. The highest BCUT2D eigenvalue weighted by Gasteiger charge is 2.68.